The smallest absolute Gasteiger partial charge is 0.283 e. The van der Waals surface area contributed by atoms with Gasteiger partial charge in [0.1, 0.15) is 5.82 Å². The average Bonchev–Trinajstić information content (AvgIpc) is 3.27. The van der Waals surface area contributed by atoms with Crippen LogP contribution in [0.1, 0.15) is 35.1 Å². The first-order valence-corrected chi connectivity index (χ1v) is 12.5. The lowest BCUT2D eigenvalue weighted by molar-refractivity contribution is -0.133. The number of likely N-dealkylation sites (tertiary alicyclic amines) is 1. The largest absolute Gasteiger partial charge is 0.494 e. The third kappa shape index (κ3) is 5.99. The Morgan fingerprint density at radius 2 is 1.74 bits per heavy atom. The Hall–Kier alpha value is -3.45. The van der Waals surface area contributed by atoms with Gasteiger partial charge >= 0.3 is 0 Å². The van der Waals surface area contributed by atoms with E-state index < -0.39 is 34.3 Å². The molecule has 0 aromatic heterocycles. The fourth-order valence-corrected chi connectivity index (χ4v) is 4.90. The van der Waals surface area contributed by atoms with Crippen LogP contribution in [0.4, 0.5) is 17.6 Å². The molecule has 1 N–H and O–H groups in total. The molecule has 38 heavy (non-hydrogen) atoms. The minimum absolute atomic E-state index is 0.00757. The van der Waals surface area contributed by atoms with E-state index in [0.717, 1.165) is 24.3 Å². The summed E-state index contributed by atoms with van der Waals surface area (Å²) in [6, 6.07) is 15.7. The van der Waals surface area contributed by atoms with Crippen molar-refractivity contribution in [3.05, 3.63) is 101 Å². The highest BCUT2D eigenvalue weighted by molar-refractivity contribution is 7.17. The Morgan fingerprint density at radius 3 is 2.37 bits per heavy atom. The van der Waals surface area contributed by atoms with Gasteiger partial charge in [0.15, 0.2) is 11.6 Å². The first kappa shape index (κ1) is 27.6. The summed E-state index contributed by atoms with van der Waals surface area (Å²) in [5.41, 5.74) is -4.71. The van der Waals surface area contributed by atoms with Crippen molar-refractivity contribution < 1.29 is 31.9 Å². The number of carbonyl (C=O) groups excluding carboxylic acids is 2. The highest BCUT2D eigenvalue weighted by Crippen LogP contribution is 2.41. The number of hydrogen-bond donors (Lipinski definition) is 1. The van der Waals surface area contributed by atoms with E-state index in [1.807, 2.05) is 0 Å². The number of nitrogens with zero attached hydrogens (tertiary/aromatic N) is 1. The van der Waals surface area contributed by atoms with E-state index in [1.54, 1.807) is 30.3 Å². The lowest BCUT2D eigenvalue weighted by Crippen LogP contribution is -2.51. The minimum atomic E-state index is -3.46. The molecule has 1 fully saturated rings. The Morgan fingerprint density at radius 1 is 1.03 bits per heavy atom. The van der Waals surface area contributed by atoms with Crippen LogP contribution >= 0.6 is 9.24 Å². The zero-order valence-corrected chi connectivity index (χ0v) is 21.8. The predicted molar refractivity (Wildman–Crippen MR) is 138 cm³/mol. The molecular weight excluding hydrogens is 519 g/mol. The van der Waals surface area contributed by atoms with Crippen molar-refractivity contribution in [3.63, 3.8) is 0 Å². The predicted octanol–water partition coefficient (Wildman–Crippen LogP) is 5.12. The molecule has 0 spiro atoms. The molecule has 200 valence electrons. The molecule has 0 bridgehead atoms. The van der Waals surface area contributed by atoms with Crippen molar-refractivity contribution >= 4 is 21.1 Å². The van der Waals surface area contributed by atoms with E-state index in [0.29, 0.717) is 24.9 Å². The molecule has 2 atom stereocenters. The van der Waals surface area contributed by atoms with Gasteiger partial charge in [0.2, 0.25) is 11.8 Å². The van der Waals surface area contributed by atoms with Crippen LogP contribution in [-0.2, 0) is 27.2 Å². The second-order valence-electron chi connectivity index (χ2n) is 9.24. The molecular formula is C28H27F4N2O3P. The SMILES string of the molecule is COc1cc([C@@](Cc2ccccc2)(NC(=O)CN2CCCC2=O)c2cc(F)cc(C(F)(F)P)c2)ccc1F. The Balaban J connectivity index is 1.94. The van der Waals surface area contributed by atoms with Crippen molar-refractivity contribution in [2.45, 2.75) is 30.5 Å². The summed E-state index contributed by atoms with van der Waals surface area (Å²) in [5, 5.41) is 2.91. The molecule has 1 aliphatic rings. The zero-order chi connectivity index (χ0) is 27.5. The molecule has 2 amide bonds. The summed E-state index contributed by atoms with van der Waals surface area (Å²) in [4.78, 5) is 27.0. The van der Waals surface area contributed by atoms with Crippen molar-refractivity contribution in [2.75, 3.05) is 20.2 Å². The molecule has 1 aliphatic heterocycles. The maximum absolute atomic E-state index is 14.9. The van der Waals surface area contributed by atoms with Gasteiger partial charge < -0.3 is 15.0 Å². The van der Waals surface area contributed by atoms with E-state index >= 15 is 0 Å². The molecule has 1 heterocycles. The minimum Gasteiger partial charge on any atom is -0.494 e. The first-order chi connectivity index (χ1) is 18.0. The molecule has 0 saturated carbocycles. The van der Waals surface area contributed by atoms with Crippen LogP contribution in [0, 0.1) is 11.6 Å². The molecule has 4 rings (SSSR count). The van der Waals surface area contributed by atoms with Gasteiger partial charge in [-0.05, 0) is 53.4 Å². The summed E-state index contributed by atoms with van der Waals surface area (Å²) in [5.74, 6) is -2.50. The van der Waals surface area contributed by atoms with E-state index in [-0.39, 0.29) is 35.7 Å². The molecule has 1 unspecified atom stereocenters. The van der Waals surface area contributed by atoms with Crippen molar-refractivity contribution in [1.29, 1.82) is 0 Å². The zero-order valence-electron chi connectivity index (χ0n) is 20.6. The van der Waals surface area contributed by atoms with E-state index in [4.69, 9.17) is 4.74 Å². The van der Waals surface area contributed by atoms with Crippen molar-refractivity contribution in [3.8, 4) is 5.75 Å². The van der Waals surface area contributed by atoms with Gasteiger partial charge in [-0.2, -0.15) is 8.78 Å². The van der Waals surface area contributed by atoms with Gasteiger partial charge in [-0.25, -0.2) is 8.78 Å². The lowest BCUT2D eigenvalue weighted by Gasteiger charge is -2.37. The number of rotatable bonds is 9. The number of nitrogens with one attached hydrogen (secondary N) is 1. The van der Waals surface area contributed by atoms with Crippen molar-refractivity contribution in [2.24, 2.45) is 0 Å². The van der Waals surface area contributed by atoms with Gasteiger partial charge in [0, 0.05) is 24.9 Å². The fourth-order valence-electron chi connectivity index (χ4n) is 4.74. The molecule has 0 radical (unpaired) electrons. The van der Waals surface area contributed by atoms with Crippen LogP contribution in [-0.4, -0.2) is 36.9 Å². The maximum Gasteiger partial charge on any atom is 0.283 e. The Kier molecular flexibility index (Phi) is 8.07. The van der Waals surface area contributed by atoms with Crippen molar-refractivity contribution in [1.82, 2.24) is 10.2 Å². The second kappa shape index (κ2) is 11.1. The van der Waals surface area contributed by atoms with Crippen LogP contribution in [0.25, 0.3) is 0 Å². The molecule has 1 saturated heterocycles. The van der Waals surface area contributed by atoms with Gasteiger partial charge in [0.25, 0.3) is 5.66 Å². The summed E-state index contributed by atoms with van der Waals surface area (Å²) < 4.78 is 63.2. The van der Waals surface area contributed by atoms with E-state index in [9.17, 15) is 27.2 Å². The van der Waals surface area contributed by atoms with Gasteiger partial charge in [0.05, 0.1) is 19.2 Å². The second-order valence-corrected chi connectivity index (χ2v) is 9.96. The topological polar surface area (TPSA) is 58.6 Å². The lowest BCUT2D eigenvalue weighted by atomic mass is 9.77. The van der Waals surface area contributed by atoms with Gasteiger partial charge in [-0.15, -0.1) is 0 Å². The number of methoxy groups -OCH3 is 1. The normalized spacial score (nSPS) is 15.3. The fraction of sp³-hybridized carbons (Fsp3) is 0.286. The Labute approximate surface area is 220 Å². The van der Waals surface area contributed by atoms with Crippen LogP contribution in [0.2, 0.25) is 0 Å². The third-order valence-electron chi connectivity index (χ3n) is 6.59. The summed E-state index contributed by atoms with van der Waals surface area (Å²) in [6.07, 6.45) is 0.953. The highest BCUT2D eigenvalue weighted by Gasteiger charge is 2.40. The number of carbonyl (C=O) groups is 2. The molecule has 10 heteroatoms. The van der Waals surface area contributed by atoms with Crippen LogP contribution in [0.15, 0.2) is 66.7 Å². The van der Waals surface area contributed by atoms with Crippen LogP contribution in [0.5, 0.6) is 5.75 Å². The summed E-state index contributed by atoms with van der Waals surface area (Å²) in [6.45, 7) is 0.140. The molecule has 3 aromatic rings. The number of ether oxygens (including phenoxy) is 1. The highest BCUT2D eigenvalue weighted by atomic mass is 31.0. The average molecular weight is 547 g/mol. The number of hydrogen-bond acceptors (Lipinski definition) is 3. The van der Waals surface area contributed by atoms with Gasteiger partial charge in [-0.3, -0.25) is 9.59 Å². The van der Waals surface area contributed by atoms with Crippen LogP contribution < -0.4 is 10.1 Å². The number of halogens is 4. The first-order valence-electron chi connectivity index (χ1n) is 12.0. The Bertz CT molecular complexity index is 1330. The number of alkyl halides is 2. The summed E-state index contributed by atoms with van der Waals surface area (Å²) in [7, 11) is 2.65. The maximum atomic E-state index is 14.9. The van der Waals surface area contributed by atoms with Crippen LogP contribution in [0.3, 0.4) is 0 Å². The van der Waals surface area contributed by atoms with E-state index in [1.165, 1.54) is 33.4 Å². The summed E-state index contributed by atoms with van der Waals surface area (Å²) >= 11 is 0. The number of amides is 2. The van der Waals surface area contributed by atoms with Gasteiger partial charge in [-0.1, -0.05) is 45.6 Å². The molecule has 3 aromatic carbocycles. The third-order valence-corrected chi connectivity index (χ3v) is 6.92. The quantitative estimate of drug-likeness (QED) is 0.300. The van der Waals surface area contributed by atoms with E-state index in [2.05, 4.69) is 5.32 Å². The standard InChI is InChI=1S/C28H27F4N2O3P/c1-37-24-15-19(9-10-23(24)30)27(16-18-6-3-2-4-7-18,33-25(35)17-34-11-5-8-26(34)36)20-12-21(28(31,32)38)14-22(29)13-20/h2-4,6-7,9-10,12-15H,5,8,11,16-17,38H2,1H3,(H,33,35)/t27-/m1/s1. The molecule has 0 aliphatic carbocycles. The monoisotopic (exact) mass is 546 g/mol. The molecule has 5 nitrogen and oxygen atoms in total. The number of benzene rings is 3.